The first-order valence-electron chi connectivity index (χ1n) is 6.01. The maximum atomic E-state index is 6.08. The Morgan fingerprint density at radius 3 is 3.00 bits per heavy atom. The number of anilines is 1. The van der Waals surface area contributed by atoms with Crippen LogP contribution in [0, 0.1) is 6.92 Å². The van der Waals surface area contributed by atoms with Gasteiger partial charge in [0.05, 0.1) is 17.9 Å². The van der Waals surface area contributed by atoms with Crippen LogP contribution in [0.3, 0.4) is 0 Å². The molecule has 1 N–H and O–H groups in total. The minimum absolute atomic E-state index is 0.490. The summed E-state index contributed by atoms with van der Waals surface area (Å²) >= 11 is 6.08. The third-order valence-electron chi connectivity index (χ3n) is 2.97. The number of pyridine rings is 2. The zero-order chi connectivity index (χ0) is 13.2. The average molecular weight is 273 g/mol. The Bertz CT molecular complexity index is 667. The number of halogens is 1. The van der Waals surface area contributed by atoms with Crippen molar-refractivity contribution < 1.29 is 0 Å². The van der Waals surface area contributed by atoms with Crippen LogP contribution in [-0.4, -0.2) is 14.4 Å². The molecular formula is C14H13ClN4. The highest BCUT2D eigenvalue weighted by Crippen LogP contribution is 2.23. The molecule has 0 atom stereocenters. The normalized spacial score (nSPS) is 10.8. The van der Waals surface area contributed by atoms with Crippen molar-refractivity contribution in [1.29, 1.82) is 0 Å². The van der Waals surface area contributed by atoms with Crippen LogP contribution >= 0.6 is 11.6 Å². The van der Waals surface area contributed by atoms with E-state index >= 15 is 0 Å². The van der Waals surface area contributed by atoms with Gasteiger partial charge in [-0.1, -0.05) is 17.7 Å². The third-order valence-corrected chi connectivity index (χ3v) is 3.26. The smallest absolute Gasteiger partial charge is 0.152 e. The Hall–Kier alpha value is -2.07. The van der Waals surface area contributed by atoms with Crippen LogP contribution in [0.25, 0.3) is 5.65 Å². The lowest BCUT2D eigenvalue weighted by Crippen LogP contribution is -2.02. The summed E-state index contributed by atoms with van der Waals surface area (Å²) in [5.74, 6) is 0. The molecule has 0 amide bonds. The Morgan fingerprint density at radius 2 is 2.21 bits per heavy atom. The number of imidazole rings is 1. The summed E-state index contributed by atoms with van der Waals surface area (Å²) in [7, 11) is 0. The molecule has 19 heavy (non-hydrogen) atoms. The third kappa shape index (κ3) is 2.39. The molecule has 4 nitrogen and oxygen atoms in total. The quantitative estimate of drug-likeness (QED) is 0.744. The molecule has 3 aromatic heterocycles. The second-order valence-corrected chi connectivity index (χ2v) is 4.70. The van der Waals surface area contributed by atoms with Gasteiger partial charge in [-0.15, -0.1) is 0 Å². The molecule has 0 unspecified atom stereocenters. The van der Waals surface area contributed by atoms with E-state index in [0.29, 0.717) is 11.7 Å². The van der Waals surface area contributed by atoms with Gasteiger partial charge >= 0.3 is 0 Å². The van der Waals surface area contributed by atoms with E-state index in [4.69, 9.17) is 11.6 Å². The molecule has 0 saturated carbocycles. The average Bonchev–Trinajstić information content (AvgIpc) is 2.81. The lowest BCUT2D eigenvalue weighted by Gasteiger charge is -2.08. The maximum Gasteiger partial charge on any atom is 0.152 e. The van der Waals surface area contributed by atoms with Crippen LogP contribution in [0.15, 0.2) is 42.9 Å². The monoisotopic (exact) mass is 272 g/mol. The Labute approximate surface area is 116 Å². The highest BCUT2D eigenvalue weighted by molar-refractivity contribution is 6.32. The first-order valence-corrected chi connectivity index (χ1v) is 6.39. The van der Waals surface area contributed by atoms with Crippen LogP contribution in [0.1, 0.15) is 11.3 Å². The van der Waals surface area contributed by atoms with Crippen LogP contribution in [-0.2, 0) is 6.54 Å². The van der Waals surface area contributed by atoms with Gasteiger partial charge in [-0.05, 0) is 30.7 Å². The molecule has 3 rings (SSSR count). The largest absolute Gasteiger partial charge is 0.377 e. The van der Waals surface area contributed by atoms with Crippen molar-refractivity contribution in [2.24, 2.45) is 0 Å². The van der Waals surface area contributed by atoms with E-state index in [1.165, 1.54) is 0 Å². The van der Waals surface area contributed by atoms with Crippen molar-refractivity contribution in [1.82, 2.24) is 14.4 Å². The van der Waals surface area contributed by atoms with E-state index in [1.54, 1.807) is 6.20 Å². The van der Waals surface area contributed by atoms with Crippen LogP contribution in [0.5, 0.6) is 0 Å². The number of nitrogens with zero attached hydrogens (tertiary/aromatic N) is 3. The Balaban J connectivity index is 1.82. The molecule has 3 aromatic rings. The number of aromatic nitrogens is 3. The van der Waals surface area contributed by atoms with Crippen molar-refractivity contribution in [3.63, 3.8) is 0 Å². The van der Waals surface area contributed by atoms with Gasteiger partial charge in [0.1, 0.15) is 5.65 Å². The van der Waals surface area contributed by atoms with Crippen LogP contribution in [0.4, 0.5) is 5.69 Å². The van der Waals surface area contributed by atoms with E-state index in [0.717, 1.165) is 22.6 Å². The fraction of sp³-hybridized carbons (Fsp3) is 0.143. The zero-order valence-electron chi connectivity index (χ0n) is 10.5. The van der Waals surface area contributed by atoms with Crippen molar-refractivity contribution in [2.45, 2.75) is 13.5 Å². The minimum Gasteiger partial charge on any atom is -0.377 e. The first kappa shape index (κ1) is 12.0. The van der Waals surface area contributed by atoms with Gasteiger partial charge in [0.2, 0.25) is 0 Å². The molecule has 0 saturated heterocycles. The van der Waals surface area contributed by atoms with Gasteiger partial charge in [0.15, 0.2) is 5.15 Å². The Kier molecular flexibility index (Phi) is 3.09. The molecule has 0 aromatic carbocycles. The fourth-order valence-electron chi connectivity index (χ4n) is 1.99. The number of rotatable bonds is 3. The molecule has 0 spiro atoms. The summed E-state index contributed by atoms with van der Waals surface area (Å²) < 4.78 is 1.99. The maximum absolute atomic E-state index is 6.08. The predicted octanol–water partition coefficient (Wildman–Crippen LogP) is 3.30. The van der Waals surface area contributed by atoms with Gasteiger partial charge in [0.25, 0.3) is 0 Å². The van der Waals surface area contributed by atoms with Gasteiger partial charge in [-0.25, -0.2) is 9.97 Å². The highest BCUT2D eigenvalue weighted by atomic mass is 35.5. The number of hydrogen-bond donors (Lipinski definition) is 1. The zero-order valence-corrected chi connectivity index (χ0v) is 11.2. The van der Waals surface area contributed by atoms with Gasteiger partial charge in [-0.2, -0.15) is 0 Å². The molecule has 3 heterocycles. The lowest BCUT2D eigenvalue weighted by atomic mass is 10.2. The van der Waals surface area contributed by atoms with E-state index in [9.17, 15) is 0 Å². The van der Waals surface area contributed by atoms with E-state index in [1.807, 2.05) is 48.0 Å². The molecule has 0 bridgehead atoms. The molecule has 0 radical (unpaired) electrons. The molecule has 96 valence electrons. The minimum atomic E-state index is 0.490. The summed E-state index contributed by atoms with van der Waals surface area (Å²) in [6.45, 7) is 2.62. The second-order valence-electron chi connectivity index (χ2n) is 4.35. The molecule has 0 aliphatic heterocycles. The summed E-state index contributed by atoms with van der Waals surface area (Å²) in [6.07, 6.45) is 5.68. The van der Waals surface area contributed by atoms with Crippen molar-refractivity contribution in [3.05, 3.63) is 59.3 Å². The van der Waals surface area contributed by atoms with Gasteiger partial charge in [0, 0.05) is 18.6 Å². The summed E-state index contributed by atoms with van der Waals surface area (Å²) in [5, 5.41) is 3.78. The first-order chi connectivity index (χ1) is 9.24. The number of fused-ring (bicyclic) bond motifs is 1. The van der Waals surface area contributed by atoms with E-state index < -0.39 is 0 Å². The molecule has 0 aliphatic carbocycles. The van der Waals surface area contributed by atoms with Gasteiger partial charge < -0.3 is 9.72 Å². The second kappa shape index (κ2) is 4.90. The molecular weight excluding hydrogens is 260 g/mol. The van der Waals surface area contributed by atoms with E-state index in [2.05, 4.69) is 15.3 Å². The molecule has 0 fully saturated rings. The molecule has 5 heteroatoms. The number of aryl methyl sites for hydroxylation is 1. The van der Waals surface area contributed by atoms with Crippen LogP contribution in [0.2, 0.25) is 5.15 Å². The van der Waals surface area contributed by atoms with Crippen molar-refractivity contribution >= 4 is 22.9 Å². The van der Waals surface area contributed by atoms with Crippen LogP contribution < -0.4 is 5.32 Å². The predicted molar refractivity (Wildman–Crippen MR) is 76.5 cm³/mol. The highest BCUT2D eigenvalue weighted by Gasteiger charge is 2.06. The number of hydrogen-bond acceptors (Lipinski definition) is 3. The summed E-state index contributed by atoms with van der Waals surface area (Å²) in [4.78, 5) is 8.60. The number of nitrogens with one attached hydrogen (secondary N) is 1. The van der Waals surface area contributed by atoms with Gasteiger partial charge in [-0.3, -0.25) is 0 Å². The topological polar surface area (TPSA) is 42.2 Å². The van der Waals surface area contributed by atoms with Crippen molar-refractivity contribution in [2.75, 3.05) is 5.32 Å². The summed E-state index contributed by atoms with van der Waals surface area (Å²) in [6, 6.07) is 7.86. The van der Waals surface area contributed by atoms with Crippen molar-refractivity contribution in [3.8, 4) is 0 Å². The van der Waals surface area contributed by atoms with E-state index in [-0.39, 0.29) is 0 Å². The fourth-order valence-corrected chi connectivity index (χ4v) is 2.26. The molecule has 0 aliphatic rings. The SMILES string of the molecule is Cc1ccnc(Cl)c1NCc1cn2ccccc2n1. The Morgan fingerprint density at radius 1 is 1.32 bits per heavy atom. The standard InChI is InChI=1S/C14H13ClN4/c1-10-5-6-16-14(15)13(10)17-8-11-9-19-7-3-2-4-12(19)18-11/h2-7,9,17H,8H2,1H3. The summed E-state index contributed by atoms with van der Waals surface area (Å²) in [5.41, 5.74) is 3.84. The lowest BCUT2D eigenvalue weighted by molar-refractivity contribution is 1.07.